The van der Waals surface area contributed by atoms with Crippen LogP contribution in [0.2, 0.25) is 0 Å². The van der Waals surface area contributed by atoms with E-state index in [9.17, 15) is 23.3 Å². The Morgan fingerprint density at radius 1 is 1.11 bits per heavy atom. The van der Waals surface area contributed by atoms with Gasteiger partial charge in [-0.2, -0.15) is 0 Å². The molecule has 242 valence electrons. The first-order valence-electron chi connectivity index (χ1n) is 15.0. The van der Waals surface area contributed by atoms with Gasteiger partial charge in [0, 0.05) is 45.3 Å². The number of rotatable bonds is 17. The van der Waals surface area contributed by atoms with Crippen LogP contribution >= 0.6 is 0 Å². The van der Waals surface area contributed by atoms with Gasteiger partial charge in [-0.1, -0.05) is 38.5 Å². The molecule has 1 unspecified atom stereocenters. The Labute approximate surface area is 259 Å². The molecule has 12 nitrogen and oxygen atoms in total. The molecule has 1 saturated carbocycles. The fraction of sp³-hybridized carbons (Fsp3) is 0.581. The Balaban J connectivity index is 1.62. The van der Waals surface area contributed by atoms with Crippen LogP contribution < -0.4 is 14.2 Å². The molecule has 0 amide bonds. The van der Waals surface area contributed by atoms with Crippen LogP contribution in [0.25, 0.3) is 0 Å². The number of methoxy groups -OCH3 is 2. The summed E-state index contributed by atoms with van der Waals surface area (Å²) in [7, 11) is -1.13. The third kappa shape index (κ3) is 8.26. The summed E-state index contributed by atoms with van der Waals surface area (Å²) in [5, 5.41) is 11.7. The summed E-state index contributed by atoms with van der Waals surface area (Å²) in [6.07, 6.45) is 3.28. The van der Waals surface area contributed by atoms with Gasteiger partial charge in [-0.3, -0.25) is 19.8 Å². The normalized spacial score (nSPS) is 19.5. The first-order valence-corrected chi connectivity index (χ1v) is 16.5. The Hall–Kier alpha value is -3.26. The number of nitro groups is 1. The van der Waals surface area contributed by atoms with Gasteiger partial charge in [0.15, 0.2) is 16.4 Å². The topological polar surface area (TPSA) is 147 Å². The Morgan fingerprint density at radius 3 is 2.48 bits per heavy atom. The van der Waals surface area contributed by atoms with Crippen molar-refractivity contribution in [1.82, 2.24) is 9.62 Å². The number of ether oxygens (including phenoxy) is 4. The van der Waals surface area contributed by atoms with Crippen LogP contribution in [0, 0.1) is 22.0 Å². The van der Waals surface area contributed by atoms with E-state index in [1.54, 1.807) is 14.2 Å². The number of nitrogens with zero attached hydrogens (tertiary/aromatic N) is 2. The van der Waals surface area contributed by atoms with Crippen LogP contribution in [0.15, 0.2) is 47.4 Å². The molecule has 0 radical (unpaired) electrons. The highest BCUT2D eigenvalue weighted by atomic mass is 32.2. The highest BCUT2D eigenvalue weighted by Crippen LogP contribution is 2.34. The Bertz CT molecular complexity index is 1400. The lowest BCUT2D eigenvalue weighted by Crippen LogP contribution is -2.53. The predicted octanol–water partition coefficient (Wildman–Crippen LogP) is 4.31. The zero-order chi connectivity index (χ0) is 31.9. The lowest BCUT2D eigenvalue weighted by molar-refractivity contribution is -0.387. The highest BCUT2D eigenvalue weighted by molar-refractivity contribution is 7.89. The molecule has 0 aromatic heterocycles. The molecule has 44 heavy (non-hydrogen) atoms. The highest BCUT2D eigenvalue weighted by Gasteiger charge is 2.43. The average molecular weight is 634 g/mol. The second-order valence-electron chi connectivity index (χ2n) is 11.7. The molecule has 2 aromatic carbocycles. The lowest BCUT2D eigenvalue weighted by Gasteiger charge is -2.40. The van der Waals surface area contributed by atoms with Crippen LogP contribution in [-0.2, 0) is 30.8 Å². The van der Waals surface area contributed by atoms with E-state index in [4.69, 9.17) is 18.9 Å². The van der Waals surface area contributed by atoms with Gasteiger partial charge in [-0.25, -0.2) is 13.1 Å². The largest absolute Gasteiger partial charge is 0.493 e. The van der Waals surface area contributed by atoms with Gasteiger partial charge in [-0.15, -0.1) is 0 Å². The fourth-order valence-electron chi connectivity index (χ4n) is 5.65. The molecule has 1 N–H and O–H groups in total. The maximum absolute atomic E-state index is 13.7. The molecule has 2 fully saturated rings. The maximum atomic E-state index is 13.7. The van der Waals surface area contributed by atoms with E-state index in [2.05, 4.69) is 9.62 Å². The number of hydrogen-bond acceptors (Lipinski definition) is 10. The summed E-state index contributed by atoms with van der Waals surface area (Å²) >= 11 is 0. The first-order chi connectivity index (χ1) is 21.0. The van der Waals surface area contributed by atoms with Crippen molar-refractivity contribution < 1.29 is 37.1 Å². The van der Waals surface area contributed by atoms with Gasteiger partial charge < -0.3 is 18.9 Å². The number of carbonyl (C=O) groups excluding carboxylic acids is 1. The molecule has 1 aliphatic carbocycles. The molecule has 2 aliphatic rings. The first kappa shape index (κ1) is 33.6. The molecule has 2 aromatic rings. The second kappa shape index (κ2) is 15.2. The van der Waals surface area contributed by atoms with Crippen molar-refractivity contribution in [2.75, 3.05) is 34.0 Å². The van der Waals surface area contributed by atoms with Crippen molar-refractivity contribution in [2.24, 2.45) is 11.8 Å². The van der Waals surface area contributed by atoms with Crippen LogP contribution in [0.4, 0.5) is 5.69 Å². The minimum Gasteiger partial charge on any atom is -0.493 e. The van der Waals surface area contributed by atoms with E-state index in [1.807, 2.05) is 32.0 Å². The summed E-state index contributed by atoms with van der Waals surface area (Å²) in [4.78, 5) is 25.5. The smallest absolute Gasteiger partial charge is 0.309 e. The van der Waals surface area contributed by atoms with Crippen LogP contribution in [0.3, 0.4) is 0 Å². The van der Waals surface area contributed by atoms with Crippen molar-refractivity contribution in [1.29, 1.82) is 0 Å². The number of benzene rings is 2. The summed E-state index contributed by atoms with van der Waals surface area (Å²) in [6.45, 7) is 5.62. The van der Waals surface area contributed by atoms with Crippen LogP contribution in [0.1, 0.15) is 51.5 Å². The van der Waals surface area contributed by atoms with Crippen molar-refractivity contribution in [2.45, 2.75) is 75.6 Å². The van der Waals surface area contributed by atoms with E-state index >= 15 is 0 Å². The number of nitrogens with one attached hydrogen (secondary N) is 1. The molecule has 1 heterocycles. The van der Waals surface area contributed by atoms with E-state index in [-0.39, 0.29) is 30.4 Å². The number of para-hydroxylation sites is 1. The summed E-state index contributed by atoms with van der Waals surface area (Å²) in [6, 6.07) is 10.3. The molecule has 13 heteroatoms. The van der Waals surface area contributed by atoms with Gasteiger partial charge in [0.25, 0.3) is 5.69 Å². The second-order valence-corrected chi connectivity index (χ2v) is 13.4. The van der Waals surface area contributed by atoms with Crippen molar-refractivity contribution in [3.8, 4) is 11.5 Å². The zero-order valence-electron chi connectivity index (χ0n) is 25.8. The van der Waals surface area contributed by atoms with Gasteiger partial charge >= 0.3 is 5.97 Å². The zero-order valence-corrected chi connectivity index (χ0v) is 26.6. The van der Waals surface area contributed by atoms with Gasteiger partial charge in [0.1, 0.15) is 6.10 Å². The predicted molar refractivity (Wildman–Crippen MR) is 163 cm³/mol. The van der Waals surface area contributed by atoms with Gasteiger partial charge in [-0.05, 0) is 48.9 Å². The van der Waals surface area contributed by atoms with Gasteiger partial charge in [0.2, 0.25) is 10.0 Å². The molecule has 1 saturated heterocycles. The maximum Gasteiger partial charge on any atom is 0.309 e. The third-order valence-electron chi connectivity index (χ3n) is 8.35. The number of hydrogen-bond donors (Lipinski definition) is 1. The lowest BCUT2D eigenvalue weighted by atomic mass is 9.89. The number of nitro benzene ring substituents is 1. The number of esters is 1. The standard InChI is InChI=1S/C31H43N3O9S/c1-21(2)24-18-28(43-31(24)35)25(32-44(38,39)30-12-6-5-11-26(30)34(36)37)20-33(23-9-7-10-23)19-22-13-14-27(41-4)29(17-22)42-16-8-15-40-3/h5-6,11-14,17,21,23-25,28,32H,7-10,15-16,18-20H2,1-4H3/t24-,25?,28-/m0/s1. The van der Waals surface area contributed by atoms with Crippen LogP contribution in [-0.4, -0.2) is 76.4 Å². The fourth-order valence-corrected chi connectivity index (χ4v) is 7.08. The molecular weight excluding hydrogens is 590 g/mol. The van der Waals surface area contributed by atoms with Crippen LogP contribution in [0.5, 0.6) is 11.5 Å². The number of carbonyl (C=O) groups is 1. The minimum atomic E-state index is -4.35. The minimum absolute atomic E-state index is 0.0179. The van der Waals surface area contributed by atoms with E-state index in [1.165, 1.54) is 18.2 Å². The molecule has 0 bridgehead atoms. The quantitative estimate of drug-likeness (QED) is 0.116. The summed E-state index contributed by atoms with van der Waals surface area (Å²) in [5.41, 5.74) is 0.428. The van der Waals surface area contributed by atoms with E-state index in [0.29, 0.717) is 37.7 Å². The molecule has 0 spiro atoms. The number of sulfonamides is 1. The SMILES string of the molecule is COCCCOc1cc(CN(CC(NS(=O)(=O)c2ccccc2[N+](=O)[O-])[C@@H]2C[C@@H](C(C)C)C(=O)O2)C2CCC2)ccc1OC. The molecule has 4 rings (SSSR count). The summed E-state index contributed by atoms with van der Waals surface area (Å²) < 4.78 is 52.4. The molecular formula is C31H43N3O9S. The van der Waals surface area contributed by atoms with Crippen molar-refractivity contribution in [3.05, 3.63) is 58.1 Å². The molecule has 1 aliphatic heterocycles. The van der Waals surface area contributed by atoms with E-state index < -0.39 is 37.7 Å². The summed E-state index contributed by atoms with van der Waals surface area (Å²) in [5.74, 6) is 0.501. The van der Waals surface area contributed by atoms with Crippen molar-refractivity contribution >= 4 is 21.7 Å². The third-order valence-corrected chi connectivity index (χ3v) is 9.89. The number of cyclic esters (lactones) is 1. The Kier molecular flexibility index (Phi) is 11.6. The van der Waals surface area contributed by atoms with E-state index in [0.717, 1.165) is 37.3 Å². The molecule has 3 atom stereocenters. The van der Waals surface area contributed by atoms with Crippen molar-refractivity contribution in [3.63, 3.8) is 0 Å². The van der Waals surface area contributed by atoms with Gasteiger partial charge in [0.05, 0.1) is 30.6 Å². The Morgan fingerprint density at radius 2 is 1.86 bits per heavy atom. The average Bonchev–Trinajstić information content (AvgIpc) is 3.36. The monoisotopic (exact) mass is 633 g/mol.